The number of amides is 1. The molecule has 1 aromatic heterocycles. The van der Waals surface area contributed by atoms with Crippen molar-refractivity contribution in [1.82, 2.24) is 14.7 Å². The molecule has 0 N–H and O–H groups in total. The Kier molecular flexibility index (Phi) is 5.36. The summed E-state index contributed by atoms with van der Waals surface area (Å²) in [6, 6.07) is 18.0. The third-order valence-corrected chi connectivity index (χ3v) is 5.20. The first-order chi connectivity index (χ1) is 13.2. The number of ether oxygens (including phenoxy) is 1. The molecule has 1 saturated heterocycles. The van der Waals surface area contributed by atoms with E-state index >= 15 is 0 Å². The molecule has 2 aromatic carbocycles. The molecule has 1 atom stereocenters. The average Bonchev–Trinajstić information content (AvgIpc) is 3.18. The quantitative estimate of drug-likeness (QED) is 0.638. The van der Waals surface area contributed by atoms with Crippen molar-refractivity contribution in [2.75, 3.05) is 19.7 Å². The van der Waals surface area contributed by atoms with Gasteiger partial charge in [-0.05, 0) is 35.4 Å². The molecular formula is C21H20BrN3O2. The van der Waals surface area contributed by atoms with Crippen molar-refractivity contribution in [3.05, 3.63) is 82.6 Å². The van der Waals surface area contributed by atoms with Crippen LogP contribution < -0.4 is 0 Å². The van der Waals surface area contributed by atoms with Gasteiger partial charge in [-0.25, -0.2) is 4.68 Å². The van der Waals surface area contributed by atoms with Gasteiger partial charge in [-0.15, -0.1) is 0 Å². The lowest BCUT2D eigenvalue weighted by atomic mass is 10.1. The fourth-order valence-corrected chi connectivity index (χ4v) is 3.48. The van der Waals surface area contributed by atoms with Gasteiger partial charge < -0.3 is 9.64 Å². The van der Waals surface area contributed by atoms with Crippen LogP contribution in [-0.2, 0) is 16.0 Å². The number of rotatable bonds is 4. The summed E-state index contributed by atoms with van der Waals surface area (Å²) in [7, 11) is 0. The van der Waals surface area contributed by atoms with Crippen LogP contribution in [0.25, 0.3) is 5.69 Å². The van der Waals surface area contributed by atoms with Crippen molar-refractivity contribution in [1.29, 1.82) is 0 Å². The van der Waals surface area contributed by atoms with Crippen LogP contribution in [0.4, 0.5) is 0 Å². The van der Waals surface area contributed by atoms with E-state index in [9.17, 15) is 4.79 Å². The number of carbonyl (C=O) groups is 1. The molecule has 1 aliphatic rings. The molecule has 1 amide bonds. The number of hydrogen-bond acceptors (Lipinski definition) is 3. The SMILES string of the molecule is O=C(Cc1cnn(-c2ccccc2)c1)N1CCOC(c2ccc(Br)cc2)C1. The van der Waals surface area contributed by atoms with Crippen molar-refractivity contribution in [3.63, 3.8) is 0 Å². The van der Waals surface area contributed by atoms with E-state index in [4.69, 9.17) is 4.74 Å². The van der Waals surface area contributed by atoms with Gasteiger partial charge in [-0.3, -0.25) is 4.79 Å². The Morgan fingerprint density at radius 3 is 2.70 bits per heavy atom. The van der Waals surface area contributed by atoms with Crippen LogP contribution in [0.3, 0.4) is 0 Å². The average molecular weight is 426 g/mol. The highest BCUT2D eigenvalue weighted by Gasteiger charge is 2.25. The van der Waals surface area contributed by atoms with Crippen LogP contribution in [0, 0.1) is 0 Å². The lowest BCUT2D eigenvalue weighted by Gasteiger charge is -2.33. The van der Waals surface area contributed by atoms with E-state index in [1.807, 2.05) is 65.7 Å². The highest BCUT2D eigenvalue weighted by molar-refractivity contribution is 9.10. The molecule has 4 rings (SSSR count). The zero-order chi connectivity index (χ0) is 18.6. The minimum atomic E-state index is -0.0807. The van der Waals surface area contributed by atoms with Crippen molar-refractivity contribution in [3.8, 4) is 5.69 Å². The second-order valence-corrected chi connectivity index (χ2v) is 7.47. The Balaban J connectivity index is 1.41. The van der Waals surface area contributed by atoms with Gasteiger partial charge in [0.2, 0.25) is 5.91 Å². The second-order valence-electron chi connectivity index (χ2n) is 6.56. The molecule has 1 unspecified atom stereocenters. The molecule has 0 spiro atoms. The third kappa shape index (κ3) is 4.28. The van der Waals surface area contributed by atoms with Crippen LogP contribution in [0.5, 0.6) is 0 Å². The summed E-state index contributed by atoms with van der Waals surface area (Å²) in [5, 5.41) is 4.37. The predicted octanol–water partition coefficient (Wildman–Crippen LogP) is 3.78. The van der Waals surface area contributed by atoms with Gasteiger partial charge in [0.05, 0.1) is 31.5 Å². The number of benzene rings is 2. The van der Waals surface area contributed by atoms with Crippen molar-refractivity contribution in [2.24, 2.45) is 0 Å². The number of halogens is 1. The van der Waals surface area contributed by atoms with Gasteiger partial charge in [0.1, 0.15) is 6.10 Å². The molecule has 0 radical (unpaired) electrons. The Hall–Kier alpha value is -2.44. The fraction of sp³-hybridized carbons (Fsp3) is 0.238. The summed E-state index contributed by atoms with van der Waals surface area (Å²) in [6.45, 7) is 1.75. The number of aromatic nitrogens is 2. The highest BCUT2D eigenvalue weighted by Crippen LogP contribution is 2.24. The molecule has 6 heteroatoms. The van der Waals surface area contributed by atoms with E-state index < -0.39 is 0 Å². The molecular weight excluding hydrogens is 406 g/mol. The molecule has 1 aliphatic heterocycles. The van der Waals surface area contributed by atoms with Crippen LogP contribution in [0.15, 0.2) is 71.5 Å². The monoisotopic (exact) mass is 425 g/mol. The van der Waals surface area contributed by atoms with Crippen LogP contribution in [-0.4, -0.2) is 40.3 Å². The maximum absolute atomic E-state index is 12.8. The van der Waals surface area contributed by atoms with E-state index in [1.54, 1.807) is 10.9 Å². The highest BCUT2D eigenvalue weighted by atomic mass is 79.9. The van der Waals surface area contributed by atoms with E-state index in [2.05, 4.69) is 21.0 Å². The Labute approximate surface area is 166 Å². The first kappa shape index (κ1) is 17.9. The number of morpholine rings is 1. The summed E-state index contributed by atoms with van der Waals surface area (Å²) in [4.78, 5) is 14.7. The van der Waals surface area contributed by atoms with E-state index in [-0.39, 0.29) is 12.0 Å². The third-order valence-electron chi connectivity index (χ3n) is 4.67. The van der Waals surface area contributed by atoms with Gasteiger partial charge in [0.15, 0.2) is 0 Å². The molecule has 138 valence electrons. The standard InChI is InChI=1S/C21H20BrN3O2/c22-18-8-6-17(7-9-18)20-15-24(10-11-27-20)21(26)12-16-13-23-25(14-16)19-4-2-1-3-5-19/h1-9,13-14,20H,10-12,15H2. The molecule has 5 nitrogen and oxygen atoms in total. The largest absolute Gasteiger partial charge is 0.370 e. The molecule has 3 aromatic rings. The number of para-hydroxylation sites is 1. The number of carbonyl (C=O) groups excluding carboxylic acids is 1. The van der Waals surface area contributed by atoms with Crippen molar-refractivity contribution < 1.29 is 9.53 Å². The van der Waals surface area contributed by atoms with Gasteiger partial charge >= 0.3 is 0 Å². The number of hydrogen-bond donors (Lipinski definition) is 0. The maximum atomic E-state index is 12.8. The van der Waals surface area contributed by atoms with Crippen molar-refractivity contribution in [2.45, 2.75) is 12.5 Å². The lowest BCUT2D eigenvalue weighted by molar-refractivity contribution is -0.138. The van der Waals surface area contributed by atoms with E-state index in [0.717, 1.165) is 21.3 Å². The summed E-state index contributed by atoms with van der Waals surface area (Å²) in [5.41, 5.74) is 2.99. The number of nitrogens with zero attached hydrogens (tertiary/aromatic N) is 3. The summed E-state index contributed by atoms with van der Waals surface area (Å²) in [6.07, 6.45) is 3.94. The van der Waals surface area contributed by atoms with E-state index in [0.29, 0.717) is 26.1 Å². The minimum absolute atomic E-state index is 0.0807. The van der Waals surface area contributed by atoms with Crippen LogP contribution in [0.1, 0.15) is 17.2 Å². The second kappa shape index (κ2) is 8.06. The Bertz CT molecular complexity index is 909. The summed E-state index contributed by atoms with van der Waals surface area (Å²) in [5.74, 6) is 0.105. The molecule has 0 saturated carbocycles. The summed E-state index contributed by atoms with van der Waals surface area (Å²) < 4.78 is 8.70. The molecule has 0 aliphatic carbocycles. The van der Waals surface area contributed by atoms with Crippen LogP contribution in [0.2, 0.25) is 0 Å². The predicted molar refractivity (Wildman–Crippen MR) is 107 cm³/mol. The van der Waals surface area contributed by atoms with Gasteiger partial charge in [0.25, 0.3) is 0 Å². The molecule has 2 heterocycles. The smallest absolute Gasteiger partial charge is 0.227 e. The van der Waals surface area contributed by atoms with Gasteiger partial charge in [-0.2, -0.15) is 5.10 Å². The molecule has 1 fully saturated rings. The van der Waals surface area contributed by atoms with Gasteiger partial charge in [-0.1, -0.05) is 46.3 Å². The minimum Gasteiger partial charge on any atom is -0.370 e. The lowest BCUT2D eigenvalue weighted by Crippen LogP contribution is -2.42. The van der Waals surface area contributed by atoms with E-state index in [1.165, 1.54) is 0 Å². The zero-order valence-corrected chi connectivity index (χ0v) is 16.4. The fourth-order valence-electron chi connectivity index (χ4n) is 3.21. The first-order valence-corrected chi connectivity index (χ1v) is 9.72. The van der Waals surface area contributed by atoms with Gasteiger partial charge in [0, 0.05) is 17.2 Å². The maximum Gasteiger partial charge on any atom is 0.227 e. The molecule has 27 heavy (non-hydrogen) atoms. The zero-order valence-electron chi connectivity index (χ0n) is 14.8. The Morgan fingerprint density at radius 2 is 1.93 bits per heavy atom. The van der Waals surface area contributed by atoms with Crippen LogP contribution >= 0.6 is 15.9 Å². The topological polar surface area (TPSA) is 47.4 Å². The summed E-state index contributed by atoms with van der Waals surface area (Å²) >= 11 is 3.45. The normalized spacial score (nSPS) is 17.1. The Morgan fingerprint density at radius 1 is 1.15 bits per heavy atom. The molecule has 0 bridgehead atoms. The van der Waals surface area contributed by atoms with Crippen molar-refractivity contribution >= 4 is 21.8 Å². The first-order valence-electron chi connectivity index (χ1n) is 8.93.